The molecule has 0 atom stereocenters. The molecule has 0 N–H and O–H groups in total. The average molecular weight is 228 g/mol. The van der Waals surface area contributed by atoms with Gasteiger partial charge in [-0.25, -0.2) is 4.79 Å². The molecule has 4 nitrogen and oxygen atoms in total. The van der Waals surface area contributed by atoms with Crippen LogP contribution in [0.5, 0.6) is 0 Å². The van der Waals surface area contributed by atoms with Gasteiger partial charge in [-0.05, 0) is 20.8 Å². The van der Waals surface area contributed by atoms with Crippen LogP contribution in [0.15, 0.2) is 0 Å². The minimum absolute atomic E-state index is 0.261. The third-order valence-corrected chi connectivity index (χ3v) is 1.78. The number of esters is 1. The van der Waals surface area contributed by atoms with Gasteiger partial charge in [0, 0.05) is 5.41 Å². The normalized spacial score (nSPS) is 12.1. The van der Waals surface area contributed by atoms with Gasteiger partial charge < -0.3 is 4.74 Å². The molecular formula is C12H20O4. The van der Waals surface area contributed by atoms with E-state index in [0.29, 0.717) is 0 Å². The Hall–Kier alpha value is -1.19. The zero-order chi connectivity index (χ0) is 13.1. The topological polar surface area (TPSA) is 60.4 Å². The van der Waals surface area contributed by atoms with Gasteiger partial charge in [0.05, 0.1) is 6.42 Å². The first-order chi connectivity index (χ1) is 6.93. The van der Waals surface area contributed by atoms with Crippen LogP contribution in [-0.4, -0.2) is 23.1 Å². The molecule has 0 amide bonds. The predicted molar refractivity (Wildman–Crippen MR) is 59.9 cm³/mol. The van der Waals surface area contributed by atoms with Crippen LogP contribution in [-0.2, 0) is 19.1 Å². The van der Waals surface area contributed by atoms with Gasteiger partial charge in [0.2, 0.25) is 5.78 Å². The second-order valence-corrected chi connectivity index (χ2v) is 5.78. The molecule has 0 fully saturated rings. The Morgan fingerprint density at radius 3 is 1.69 bits per heavy atom. The van der Waals surface area contributed by atoms with E-state index in [4.69, 9.17) is 4.74 Å². The summed E-state index contributed by atoms with van der Waals surface area (Å²) in [6, 6.07) is 0. The molecule has 0 aromatic carbocycles. The van der Waals surface area contributed by atoms with Gasteiger partial charge in [0.25, 0.3) is 0 Å². The van der Waals surface area contributed by atoms with E-state index in [9.17, 15) is 14.4 Å². The molecule has 0 aromatic heterocycles. The van der Waals surface area contributed by atoms with Crippen LogP contribution in [0, 0.1) is 5.41 Å². The largest absolute Gasteiger partial charge is 0.454 e. The summed E-state index contributed by atoms with van der Waals surface area (Å²) in [4.78, 5) is 34.2. The highest BCUT2D eigenvalue weighted by atomic mass is 16.6. The first-order valence-electron chi connectivity index (χ1n) is 5.23. The molecule has 0 aromatic rings. The van der Waals surface area contributed by atoms with E-state index in [2.05, 4.69) is 0 Å². The summed E-state index contributed by atoms with van der Waals surface area (Å²) in [7, 11) is 0. The molecule has 0 bridgehead atoms. The molecule has 0 radical (unpaired) electrons. The van der Waals surface area contributed by atoms with Gasteiger partial charge >= 0.3 is 5.97 Å². The van der Waals surface area contributed by atoms with Crippen LogP contribution in [0.3, 0.4) is 0 Å². The summed E-state index contributed by atoms with van der Waals surface area (Å²) in [5, 5.41) is 0. The molecule has 0 heterocycles. The lowest BCUT2D eigenvalue weighted by Gasteiger charge is -2.19. The first kappa shape index (κ1) is 14.8. The van der Waals surface area contributed by atoms with Crippen LogP contribution in [0.1, 0.15) is 48.0 Å². The molecule has 0 saturated heterocycles. The Morgan fingerprint density at radius 1 is 0.938 bits per heavy atom. The van der Waals surface area contributed by atoms with Gasteiger partial charge in [-0.3, -0.25) is 9.59 Å². The summed E-state index contributed by atoms with van der Waals surface area (Å²) in [6.45, 7) is 10.1. The zero-order valence-corrected chi connectivity index (χ0v) is 10.8. The van der Waals surface area contributed by atoms with E-state index < -0.39 is 29.2 Å². The average Bonchev–Trinajstić information content (AvgIpc) is 1.98. The molecule has 0 unspecified atom stereocenters. The minimum Gasteiger partial charge on any atom is -0.454 e. The van der Waals surface area contributed by atoms with Gasteiger partial charge in [-0.2, -0.15) is 0 Å². The Balaban J connectivity index is 4.39. The molecule has 92 valence electrons. The van der Waals surface area contributed by atoms with E-state index in [1.54, 1.807) is 41.5 Å². The van der Waals surface area contributed by atoms with E-state index in [1.807, 2.05) is 0 Å². The highest BCUT2D eigenvalue weighted by Gasteiger charge is 2.29. The molecule has 0 saturated carbocycles. The zero-order valence-electron chi connectivity index (χ0n) is 10.8. The van der Waals surface area contributed by atoms with Crippen molar-refractivity contribution in [2.24, 2.45) is 5.41 Å². The highest BCUT2D eigenvalue weighted by molar-refractivity contribution is 6.37. The lowest BCUT2D eigenvalue weighted by atomic mass is 9.88. The van der Waals surface area contributed by atoms with Crippen molar-refractivity contribution >= 4 is 17.5 Å². The first-order valence-corrected chi connectivity index (χ1v) is 5.23. The van der Waals surface area contributed by atoms with Crippen molar-refractivity contribution in [3.8, 4) is 0 Å². The Labute approximate surface area is 96.4 Å². The SMILES string of the molecule is CC(C)(C)OC(=O)C(=O)CC(=O)C(C)(C)C. The summed E-state index contributed by atoms with van der Waals surface area (Å²) >= 11 is 0. The van der Waals surface area contributed by atoms with Crippen molar-refractivity contribution in [2.75, 3.05) is 0 Å². The fourth-order valence-corrected chi connectivity index (χ4v) is 0.818. The highest BCUT2D eigenvalue weighted by Crippen LogP contribution is 2.17. The molecule has 16 heavy (non-hydrogen) atoms. The maximum atomic E-state index is 11.5. The maximum Gasteiger partial charge on any atom is 0.375 e. The van der Waals surface area contributed by atoms with Crippen LogP contribution in [0.2, 0.25) is 0 Å². The van der Waals surface area contributed by atoms with Crippen LogP contribution in [0.4, 0.5) is 0 Å². The number of hydrogen-bond acceptors (Lipinski definition) is 4. The monoisotopic (exact) mass is 228 g/mol. The summed E-state index contributed by atoms with van der Waals surface area (Å²) in [5.74, 6) is -1.98. The third-order valence-electron chi connectivity index (χ3n) is 1.78. The number of hydrogen-bond donors (Lipinski definition) is 0. The van der Waals surface area contributed by atoms with Crippen LogP contribution in [0.25, 0.3) is 0 Å². The quantitative estimate of drug-likeness (QED) is 0.420. The number of Topliss-reactive ketones (excluding diaryl/α,β-unsaturated/α-hetero) is 2. The van der Waals surface area contributed by atoms with Gasteiger partial charge in [0.15, 0.2) is 0 Å². The summed E-state index contributed by atoms with van der Waals surface area (Å²) < 4.78 is 4.87. The smallest absolute Gasteiger partial charge is 0.375 e. The van der Waals surface area contributed by atoms with Crippen molar-refractivity contribution in [1.82, 2.24) is 0 Å². The van der Waals surface area contributed by atoms with Gasteiger partial charge in [-0.15, -0.1) is 0 Å². The number of carbonyl (C=O) groups is 3. The summed E-state index contributed by atoms with van der Waals surface area (Å²) in [5.41, 5.74) is -1.32. The molecular weight excluding hydrogens is 208 g/mol. The van der Waals surface area contributed by atoms with Gasteiger partial charge in [-0.1, -0.05) is 20.8 Å². The fraction of sp³-hybridized carbons (Fsp3) is 0.750. The van der Waals surface area contributed by atoms with E-state index in [-0.39, 0.29) is 5.78 Å². The second-order valence-electron chi connectivity index (χ2n) is 5.78. The molecule has 0 rings (SSSR count). The summed E-state index contributed by atoms with van der Waals surface area (Å²) in [6.07, 6.45) is -0.390. The van der Waals surface area contributed by atoms with E-state index in [0.717, 1.165) is 0 Å². The van der Waals surface area contributed by atoms with Crippen molar-refractivity contribution in [3.05, 3.63) is 0 Å². The molecule has 0 aliphatic carbocycles. The minimum atomic E-state index is -0.940. The molecule has 4 heteroatoms. The molecule has 0 aliphatic heterocycles. The van der Waals surface area contributed by atoms with Crippen molar-refractivity contribution in [2.45, 2.75) is 53.6 Å². The fourth-order valence-electron chi connectivity index (χ4n) is 0.818. The molecule has 0 aliphatic rings. The van der Waals surface area contributed by atoms with Crippen LogP contribution >= 0.6 is 0 Å². The third kappa shape index (κ3) is 5.63. The maximum absolute atomic E-state index is 11.5. The number of carbonyl (C=O) groups excluding carboxylic acids is 3. The second kappa shape index (κ2) is 4.76. The number of ketones is 2. The molecule has 0 spiro atoms. The van der Waals surface area contributed by atoms with Gasteiger partial charge in [0.1, 0.15) is 11.4 Å². The van der Waals surface area contributed by atoms with Crippen molar-refractivity contribution in [3.63, 3.8) is 0 Å². The number of rotatable bonds is 3. The number of ether oxygens (including phenoxy) is 1. The van der Waals surface area contributed by atoms with Crippen molar-refractivity contribution in [1.29, 1.82) is 0 Å². The Bertz CT molecular complexity index is 302. The van der Waals surface area contributed by atoms with Crippen molar-refractivity contribution < 1.29 is 19.1 Å². The standard InChI is InChI=1S/C12H20O4/c1-11(2,3)9(14)7-8(13)10(15)16-12(4,5)6/h7H2,1-6H3. The Morgan fingerprint density at radius 2 is 1.38 bits per heavy atom. The lowest BCUT2D eigenvalue weighted by Crippen LogP contribution is -2.32. The Kier molecular flexibility index (Phi) is 4.41. The predicted octanol–water partition coefficient (Wildman–Crippen LogP) is 1.90. The van der Waals surface area contributed by atoms with E-state index in [1.165, 1.54) is 0 Å². The van der Waals surface area contributed by atoms with E-state index >= 15 is 0 Å². The van der Waals surface area contributed by atoms with Crippen LogP contribution < -0.4 is 0 Å². The lowest BCUT2D eigenvalue weighted by molar-refractivity contribution is -0.163.